The van der Waals surface area contributed by atoms with E-state index in [1.807, 2.05) is 19.9 Å². The van der Waals surface area contributed by atoms with Crippen molar-refractivity contribution in [1.29, 1.82) is 5.26 Å². The number of rotatable bonds is 6. The van der Waals surface area contributed by atoms with Crippen LogP contribution in [0.1, 0.15) is 42.7 Å². The van der Waals surface area contributed by atoms with Gasteiger partial charge in [-0.25, -0.2) is 8.42 Å². The Morgan fingerprint density at radius 3 is 2.28 bits per heavy atom. The summed E-state index contributed by atoms with van der Waals surface area (Å²) in [7, 11) is -3.31. The lowest BCUT2D eigenvalue weighted by Crippen LogP contribution is -2.37. The third kappa shape index (κ3) is 4.93. The highest BCUT2D eigenvalue weighted by Crippen LogP contribution is 2.22. The third-order valence-electron chi connectivity index (χ3n) is 4.84. The zero-order chi connectivity index (χ0) is 21.9. The molecule has 0 fully saturated rings. The molecule has 0 spiro atoms. The van der Waals surface area contributed by atoms with Gasteiger partial charge >= 0.3 is 0 Å². The van der Waals surface area contributed by atoms with Crippen LogP contribution in [0.25, 0.3) is 0 Å². The molecule has 2 rings (SSSR count). The first-order chi connectivity index (χ1) is 13.5. The number of sulfone groups is 1. The van der Waals surface area contributed by atoms with Crippen LogP contribution in [0.4, 0.5) is 5.69 Å². The van der Waals surface area contributed by atoms with E-state index >= 15 is 0 Å². The minimum Gasteiger partial charge on any atom is -0.325 e. The maximum absolute atomic E-state index is 13.0. The van der Waals surface area contributed by atoms with Crippen LogP contribution in [0.5, 0.6) is 0 Å². The molecule has 1 aromatic heterocycles. The van der Waals surface area contributed by atoms with Crippen molar-refractivity contribution in [3.8, 4) is 6.07 Å². The number of benzene rings is 1. The Bertz CT molecular complexity index is 1120. The van der Waals surface area contributed by atoms with Gasteiger partial charge in [0.25, 0.3) is 5.56 Å². The second-order valence-corrected chi connectivity index (χ2v) is 9.31. The Morgan fingerprint density at radius 1 is 1.21 bits per heavy atom. The van der Waals surface area contributed by atoms with E-state index in [1.54, 1.807) is 30.9 Å². The van der Waals surface area contributed by atoms with E-state index in [0.29, 0.717) is 23.4 Å². The van der Waals surface area contributed by atoms with Gasteiger partial charge in [0.2, 0.25) is 5.91 Å². The van der Waals surface area contributed by atoms with Crippen LogP contribution >= 0.6 is 0 Å². The molecule has 1 aromatic carbocycles. The van der Waals surface area contributed by atoms with Crippen LogP contribution in [0.15, 0.2) is 34.0 Å². The number of carbonyl (C=O) groups is 1. The fourth-order valence-electron chi connectivity index (χ4n) is 3.36. The normalized spacial score (nSPS) is 11.3. The lowest BCUT2D eigenvalue weighted by Gasteiger charge is -2.27. The van der Waals surface area contributed by atoms with Crippen molar-refractivity contribution in [3.63, 3.8) is 0 Å². The van der Waals surface area contributed by atoms with E-state index in [0.717, 1.165) is 11.8 Å². The van der Waals surface area contributed by atoms with E-state index in [1.165, 1.54) is 12.1 Å². The summed E-state index contributed by atoms with van der Waals surface area (Å²) in [4.78, 5) is 29.3. The summed E-state index contributed by atoms with van der Waals surface area (Å²) >= 11 is 0. The summed E-state index contributed by atoms with van der Waals surface area (Å²) in [5.41, 5.74) is 2.28. The van der Waals surface area contributed by atoms with Gasteiger partial charge in [0, 0.05) is 30.1 Å². The van der Waals surface area contributed by atoms with Gasteiger partial charge in [-0.1, -0.05) is 0 Å². The minimum absolute atomic E-state index is 0.0649. The van der Waals surface area contributed by atoms with Crippen LogP contribution < -0.4 is 10.5 Å². The van der Waals surface area contributed by atoms with E-state index in [2.05, 4.69) is 4.98 Å². The number of amides is 1. The number of aromatic amines is 1. The molecule has 8 heteroatoms. The van der Waals surface area contributed by atoms with Crippen molar-refractivity contribution < 1.29 is 13.2 Å². The molecule has 1 amide bonds. The molecule has 0 saturated heterocycles. The Hall–Kier alpha value is -2.92. The number of nitrogens with zero attached hydrogens (tertiary/aromatic N) is 2. The summed E-state index contributed by atoms with van der Waals surface area (Å²) in [6.07, 6.45) is 1.70. The average molecular weight is 416 g/mol. The van der Waals surface area contributed by atoms with Gasteiger partial charge in [-0.05, 0) is 69.5 Å². The molecule has 0 aliphatic carbocycles. The van der Waals surface area contributed by atoms with E-state index in [9.17, 15) is 23.3 Å². The molecule has 0 aliphatic heterocycles. The summed E-state index contributed by atoms with van der Waals surface area (Å²) in [5.74, 6) is -0.129. The first-order valence-electron chi connectivity index (χ1n) is 9.22. The van der Waals surface area contributed by atoms with Gasteiger partial charge in [0.15, 0.2) is 9.84 Å². The Balaban J connectivity index is 2.28. The van der Waals surface area contributed by atoms with Gasteiger partial charge in [0.05, 0.1) is 4.90 Å². The number of anilines is 1. The van der Waals surface area contributed by atoms with Crippen LogP contribution in [-0.2, 0) is 21.1 Å². The summed E-state index contributed by atoms with van der Waals surface area (Å²) < 4.78 is 23.3. The lowest BCUT2D eigenvalue weighted by molar-refractivity contribution is -0.118. The molecule has 0 saturated carbocycles. The average Bonchev–Trinajstić information content (AvgIpc) is 2.61. The van der Waals surface area contributed by atoms with Crippen molar-refractivity contribution in [2.75, 3.05) is 11.2 Å². The van der Waals surface area contributed by atoms with Crippen molar-refractivity contribution >= 4 is 21.4 Å². The largest absolute Gasteiger partial charge is 0.325 e. The molecule has 2 aromatic rings. The van der Waals surface area contributed by atoms with E-state index in [4.69, 9.17) is 0 Å². The molecule has 29 heavy (non-hydrogen) atoms. The number of pyridine rings is 1. The summed E-state index contributed by atoms with van der Waals surface area (Å²) in [5, 5.41) is 9.19. The molecule has 154 valence electrons. The molecular formula is C21H25N3O4S. The number of hydrogen-bond donors (Lipinski definition) is 1. The van der Waals surface area contributed by atoms with Crippen molar-refractivity contribution in [2.45, 2.75) is 51.5 Å². The van der Waals surface area contributed by atoms with Crippen molar-refractivity contribution in [3.05, 3.63) is 57.0 Å². The number of H-pyrrole nitrogens is 1. The first-order valence-corrected chi connectivity index (χ1v) is 11.1. The molecule has 0 bridgehead atoms. The van der Waals surface area contributed by atoms with Gasteiger partial charge < -0.3 is 9.88 Å². The standard InChI is InChI=1S/C21H25N3O4S/c1-13(2)24(16-6-8-17(9-7-16)29(5,27)28)20(25)11-10-18-14(3)19(12-22)21(26)23-15(18)4/h6-9,13H,10-11H2,1-5H3,(H,23,26). The number of aromatic nitrogens is 1. The Labute approximate surface area is 170 Å². The molecule has 1 heterocycles. The predicted molar refractivity (Wildman–Crippen MR) is 112 cm³/mol. The molecular weight excluding hydrogens is 390 g/mol. The maximum atomic E-state index is 13.0. The Kier molecular flexibility index (Phi) is 6.65. The quantitative estimate of drug-likeness (QED) is 0.780. The number of nitriles is 1. The van der Waals surface area contributed by atoms with Gasteiger partial charge in [-0.15, -0.1) is 0 Å². The molecule has 0 atom stereocenters. The van der Waals surface area contributed by atoms with Gasteiger partial charge in [-0.3, -0.25) is 9.59 Å². The zero-order valence-electron chi connectivity index (χ0n) is 17.2. The van der Waals surface area contributed by atoms with Crippen LogP contribution in [0.2, 0.25) is 0 Å². The number of carbonyl (C=O) groups excluding carboxylic acids is 1. The summed E-state index contributed by atoms with van der Waals surface area (Å²) in [6.45, 7) is 7.23. The molecule has 1 N–H and O–H groups in total. The topological polar surface area (TPSA) is 111 Å². The predicted octanol–water partition coefficient (Wildman–Crippen LogP) is 2.64. The summed E-state index contributed by atoms with van der Waals surface area (Å²) in [6, 6.07) is 8.01. The highest BCUT2D eigenvalue weighted by Gasteiger charge is 2.21. The second-order valence-electron chi connectivity index (χ2n) is 7.29. The highest BCUT2D eigenvalue weighted by atomic mass is 32.2. The SMILES string of the molecule is Cc1[nH]c(=O)c(C#N)c(C)c1CCC(=O)N(c1ccc(S(C)(=O)=O)cc1)C(C)C. The Morgan fingerprint density at radius 2 is 1.79 bits per heavy atom. The zero-order valence-corrected chi connectivity index (χ0v) is 18.1. The smallest absolute Gasteiger partial charge is 0.266 e. The highest BCUT2D eigenvalue weighted by molar-refractivity contribution is 7.90. The lowest BCUT2D eigenvalue weighted by atomic mass is 9.98. The van der Waals surface area contributed by atoms with Crippen molar-refractivity contribution in [2.24, 2.45) is 0 Å². The van der Waals surface area contributed by atoms with Crippen LogP contribution in [0.3, 0.4) is 0 Å². The van der Waals surface area contributed by atoms with E-state index < -0.39 is 15.4 Å². The van der Waals surface area contributed by atoms with Crippen LogP contribution in [-0.4, -0.2) is 31.6 Å². The number of nitrogens with one attached hydrogen (secondary N) is 1. The fraction of sp³-hybridized carbons (Fsp3) is 0.381. The molecule has 0 aliphatic rings. The van der Waals surface area contributed by atoms with Gasteiger partial charge in [0.1, 0.15) is 11.6 Å². The molecule has 7 nitrogen and oxygen atoms in total. The number of aryl methyl sites for hydroxylation is 1. The first kappa shape index (κ1) is 22.4. The third-order valence-corrected chi connectivity index (χ3v) is 5.97. The molecule has 0 unspecified atom stereocenters. The maximum Gasteiger partial charge on any atom is 0.266 e. The monoisotopic (exact) mass is 415 g/mol. The van der Waals surface area contributed by atoms with Crippen molar-refractivity contribution in [1.82, 2.24) is 4.98 Å². The van der Waals surface area contributed by atoms with Crippen LogP contribution in [0, 0.1) is 25.2 Å². The fourth-order valence-corrected chi connectivity index (χ4v) is 3.99. The van der Waals surface area contributed by atoms with Gasteiger partial charge in [-0.2, -0.15) is 5.26 Å². The minimum atomic E-state index is -3.31. The number of hydrogen-bond acceptors (Lipinski definition) is 5. The molecule has 0 radical (unpaired) electrons. The second kappa shape index (κ2) is 8.62. The van der Waals surface area contributed by atoms with E-state index in [-0.39, 0.29) is 28.8 Å².